The van der Waals surface area contributed by atoms with Gasteiger partial charge >= 0.3 is 5.97 Å². The lowest BCUT2D eigenvalue weighted by Crippen LogP contribution is -2.09. The zero-order valence-electron chi connectivity index (χ0n) is 6.34. The largest absolute Gasteiger partial charge is 0.481 e. The second-order valence-corrected chi connectivity index (χ2v) is 2.32. The second-order valence-electron chi connectivity index (χ2n) is 2.32. The van der Waals surface area contributed by atoms with Crippen LogP contribution >= 0.6 is 0 Å². The van der Waals surface area contributed by atoms with Gasteiger partial charge in [0.1, 0.15) is 0 Å². The Kier molecular flexibility index (Phi) is 4.63. The average Bonchev–Trinajstić information content (AvgIpc) is 1.89. The van der Waals surface area contributed by atoms with Crippen molar-refractivity contribution in [2.75, 3.05) is 0 Å². The predicted octanol–water partition coefficient (Wildman–Crippen LogP) is 2.06. The van der Waals surface area contributed by atoms with Crippen LogP contribution in [0.25, 0.3) is 0 Å². The maximum absolute atomic E-state index is 10.4. The molecule has 0 fully saturated rings. The number of unbranched alkanes of at least 4 members (excludes halogenated alkanes) is 1. The summed E-state index contributed by atoms with van der Waals surface area (Å²) in [6.45, 7) is 5.50. The van der Waals surface area contributed by atoms with E-state index in [4.69, 9.17) is 5.11 Å². The van der Waals surface area contributed by atoms with Crippen molar-refractivity contribution in [2.45, 2.75) is 26.2 Å². The van der Waals surface area contributed by atoms with Gasteiger partial charge in [0.25, 0.3) is 0 Å². The molecular formula is C8H14O2. The molecule has 0 aliphatic carbocycles. The first-order valence-electron chi connectivity index (χ1n) is 3.57. The Labute approximate surface area is 61.6 Å². The van der Waals surface area contributed by atoms with E-state index in [-0.39, 0.29) is 5.92 Å². The van der Waals surface area contributed by atoms with E-state index >= 15 is 0 Å². The first-order chi connectivity index (χ1) is 4.72. The topological polar surface area (TPSA) is 37.3 Å². The fourth-order valence-corrected chi connectivity index (χ4v) is 0.766. The van der Waals surface area contributed by atoms with E-state index in [1.807, 2.05) is 6.92 Å². The van der Waals surface area contributed by atoms with Gasteiger partial charge in [0.15, 0.2) is 0 Å². The molecule has 0 aromatic heterocycles. The molecule has 0 aliphatic rings. The summed E-state index contributed by atoms with van der Waals surface area (Å²) in [6.07, 6.45) is 4.22. The van der Waals surface area contributed by atoms with Crippen molar-refractivity contribution in [2.24, 2.45) is 5.92 Å². The summed E-state index contributed by atoms with van der Waals surface area (Å²) in [7, 11) is 0. The molecule has 0 unspecified atom stereocenters. The van der Waals surface area contributed by atoms with Crippen LogP contribution in [0.5, 0.6) is 0 Å². The number of carboxylic acid groups (broad SMARTS) is 1. The molecule has 58 valence electrons. The minimum atomic E-state index is -0.761. The van der Waals surface area contributed by atoms with Gasteiger partial charge in [-0.2, -0.15) is 0 Å². The number of carbonyl (C=O) groups is 1. The van der Waals surface area contributed by atoms with Crippen molar-refractivity contribution in [3.05, 3.63) is 12.7 Å². The molecule has 0 aliphatic heterocycles. The lowest BCUT2D eigenvalue weighted by Gasteiger charge is -2.03. The Balaban J connectivity index is 3.60. The summed E-state index contributed by atoms with van der Waals surface area (Å²) < 4.78 is 0. The average molecular weight is 142 g/mol. The minimum Gasteiger partial charge on any atom is -0.481 e. The van der Waals surface area contributed by atoms with Crippen molar-refractivity contribution in [3.8, 4) is 0 Å². The van der Waals surface area contributed by atoms with Gasteiger partial charge in [-0.15, -0.1) is 6.58 Å². The summed E-state index contributed by atoms with van der Waals surface area (Å²) in [5.74, 6) is -1.11. The highest BCUT2D eigenvalue weighted by Gasteiger charge is 2.10. The highest BCUT2D eigenvalue weighted by atomic mass is 16.4. The standard InChI is InChI=1S/C8H14O2/c1-3-5-6-7(4-2)8(9)10/h4,7H,2-3,5-6H2,1H3,(H,9,10)/t7-/m0/s1. The zero-order valence-corrected chi connectivity index (χ0v) is 6.34. The highest BCUT2D eigenvalue weighted by Crippen LogP contribution is 2.08. The molecule has 0 radical (unpaired) electrons. The molecule has 0 bridgehead atoms. The van der Waals surface area contributed by atoms with E-state index in [0.717, 1.165) is 19.3 Å². The van der Waals surface area contributed by atoms with Crippen LogP contribution in [0.3, 0.4) is 0 Å². The van der Waals surface area contributed by atoms with Gasteiger partial charge < -0.3 is 5.11 Å². The molecule has 2 nitrogen and oxygen atoms in total. The molecular weight excluding hydrogens is 128 g/mol. The molecule has 0 amide bonds. The summed E-state index contributed by atoms with van der Waals surface area (Å²) >= 11 is 0. The molecule has 0 aromatic carbocycles. The van der Waals surface area contributed by atoms with E-state index in [1.165, 1.54) is 6.08 Å². The maximum atomic E-state index is 10.4. The van der Waals surface area contributed by atoms with Gasteiger partial charge in [-0.1, -0.05) is 25.8 Å². The van der Waals surface area contributed by atoms with Crippen LogP contribution in [0.1, 0.15) is 26.2 Å². The van der Waals surface area contributed by atoms with Crippen LogP contribution in [0.4, 0.5) is 0 Å². The number of carboxylic acids is 1. The third kappa shape index (κ3) is 3.28. The van der Waals surface area contributed by atoms with E-state index in [9.17, 15) is 4.79 Å². The van der Waals surface area contributed by atoms with Crippen molar-refractivity contribution >= 4 is 5.97 Å². The summed E-state index contributed by atoms with van der Waals surface area (Å²) in [4.78, 5) is 10.4. The van der Waals surface area contributed by atoms with E-state index in [0.29, 0.717) is 0 Å². The van der Waals surface area contributed by atoms with E-state index < -0.39 is 5.97 Å². The molecule has 0 rings (SSSR count). The Hall–Kier alpha value is -0.790. The first-order valence-corrected chi connectivity index (χ1v) is 3.57. The predicted molar refractivity (Wildman–Crippen MR) is 40.8 cm³/mol. The lowest BCUT2D eigenvalue weighted by molar-refractivity contribution is -0.140. The van der Waals surface area contributed by atoms with Crippen molar-refractivity contribution in [3.63, 3.8) is 0 Å². The summed E-state index contributed by atoms with van der Waals surface area (Å²) in [5, 5.41) is 8.53. The van der Waals surface area contributed by atoms with Gasteiger partial charge in [0.05, 0.1) is 5.92 Å². The fourth-order valence-electron chi connectivity index (χ4n) is 0.766. The van der Waals surface area contributed by atoms with Crippen LogP contribution in [-0.2, 0) is 4.79 Å². The quantitative estimate of drug-likeness (QED) is 0.596. The Morgan fingerprint density at radius 3 is 2.70 bits per heavy atom. The van der Waals surface area contributed by atoms with Crippen molar-refractivity contribution in [1.29, 1.82) is 0 Å². The molecule has 0 heterocycles. The Morgan fingerprint density at radius 1 is 1.80 bits per heavy atom. The van der Waals surface area contributed by atoms with Gasteiger partial charge in [-0.3, -0.25) is 4.79 Å². The smallest absolute Gasteiger partial charge is 0.310 e. The minimum absolute atomic E-state index is 0.347. The fraction of sp³-hybridized carbons (Fsp3) is 0.625. The van der Waals surface area contributed by atoms with Crippen LogP contribution in [0.2, 0.25) is 0 Å². The molecule has 0 saturated heterocycles. The molecule has 2 heteroatoms. The second kappa shape index (κ2) is 5.03. The third-order valence-corrected chi connectivity index (χ3v) is 1.47. The van der Waals surface area contributed by atoms with Crippen LogP contribution in [0, 0.1) is 5.92 Å². The van der Waals surface area contributed by atoms with Crippen LogP contribution < -0.4 is 0 Å². The molecule has 1 atom stereocenters. The summed E-state index contributed by atoms with van der Waals surface area (Å²) in [6, 6.07) is 0. The zero-order chi connectivity index (χ0) is 7.98. The number of hydrogen-bond donors (Lipinski definition) is 1. The lowest BCUT2D eigenvalue weighted by atomic mass is 10.0. The number of hydrogen-bond acceptors (Lipinski definition) is 1. The molecule has 1 N–H and O–H groups in total. The highest BCUT2D eigenvalue weighted by molar-refractivity contribution is 5.71. The third-order valence-electron chi connectivity index (χ3n) is 1.47. The van der Waals surface area contributed by atoms with Crippen molar-refractivity contribution < 1.29 is 9.90 Å². The van der Waals surface area contributed by atoms with Crippen LogP contribution in [0.15, 0.2) is 12.7 Å². The van der Waals surface area contributed by atoms with Gasteiger partial charge in [0.2, 0.25) is 0 Å². The monoisotopic (exact) mass is 142 g/mol. The van der Waals surface area contributed by atoms with Crippen LogP contribution in [-0.4, -0.2) is 11.1 Å². The van der Waals surface area contributed by atoms with Gasteiger partial charge in [-0.05, 0) is 6.42 Å². The normalized spacial score (nSPS) is 12.5. The Morgan fingerprint density at radius 2 is 2.40 bits per heavy atom. The first kappa shape index (κ1) is 9.21. The maximum Gasteiger partial charge on any atom is 0.310 e. The van der Waals surface area contributed by atoms with Crippen molar-refractivity contribution in [1.82, 2.24) is 0 Å². The van der Waals surface area contributed by atoms with E-state index in [1.54, 1.807) is 0 Å². The Bertz CT molecular complexity index is 118. The molecule has 0 spiro atoms. The summed E-state index contributed by atoms with van der Waals surface area (Å²) in [5.41, 5.74) is 0. The SMILES string of the molecule is C=C[C@@H](CCCC)C(=O)O. The molecule has 0 aromatic rings. The number of rotatable bonds is 5. The number of aliphatic carboxylic acids is 1. The van der Waals surface area contributed by atoms with Gasteiger partial charge in [0, 0.05) is 0 Å². The molecule has 0 saturated carbocycles. The van der Waals surface area contributed by atoms with E-state index in [2.05, 4.69) is 6.58 Å². The van der Waals surface area contributed by atoms with Gasteiger partial charge in [-0.25, -0.2) is 0 Å². The molecule has 10 heavy (non-hydrogen) atoms.